The van der Waals surface area contributed by atoms with Crippen LogP contribution in [0.2, 0.25) is 0 Å². The van der Waals surface area contributed by atoms with E-state index in [4.69, 9.17) is 4.74 Å². The second kappa shape index (κ2) is 4.61. The fourth-order valence-corrected chi connectivity index (χ4v) is 2.34. The number of ether oxygens (including phenoxy) is 1. The number of halogens is 2. The van der Waals surface area contributed by atoms with Gasteiger partial charge in [0, 0.05) is 5.56 Å². The molecule has 94 valence electrons. The Morgan fingerprint density at radius 2 is 2.18 bits per heavy atom. The van der Waals surface area contributed by atoms with Crippen molar-refractivity contribution in [3.8, 4) is 5.75 Å². The summed E-state index contributed by atoms with van der Waals surface area (Å²) in [5, 5.41) is 2.74. The molecule has 1 fully saturated rings. The van der Waals surface area contributed by atoms with Gasteiger partial charge in [-0.15, -0.1) is 0 Å². The number of methoxy groups -OCH3 is 1. The third-order valence-corrected chi connectivity index (χ3v) is 3.24. The maximum absolute atomic E-state index is 13.9. The molecule has 0 saturated carbocycles. The highest BCUT2D eigenvalue weighted by Crippen LogP contribution is 2.41. The second-order valence-electron chi connectivity index (χ2n) is 4.52. The van der Waals surface area contributed by atoms with Gasteiger partial charge in [-0.1, -0.05) is 17.7 Å². The van der Waals surface area contributed by atoms with Crippen LogP contribution in [0.25, 0.3) is 0 Å². The highest BCUT2D eigenvalue weighted by Gasteiger charge is 2.43. The van der Waals surface area contributed by atoms with E-state index in [9.17, 15) is 8.78 Å². The molecule has 0 aliphatic carbocycles. The first-order chi connectivity index (χ1) is 8.04. The Bertz CT molecular complexity index is 406. The average Bonchev–Trinajstić information content (AvgIpc) is 2.28. The average molecular weight is 241 g/mol. The van der Waals surface area contributed by atoms with E-state index in [0.717, 1.165) is 5.56 Å². The summed E-state index contributed by atoms with van der Waals surface area (Å²) < 4.78 is 33.0. The van der Waals surface area contributed by atoms with Crippen LogP contribution in [0.1, 0.15) is 23.5 Å². The molecule has 0 radical (unpaired) electrons. The molecule has 2 rings (SSSR count). The van der Waals surface area contributed by atoms with Gasteiger partial charge in [-0.25, -0.2) is 8.78 Å². The van der Waals surface area contributed by atoms with Gasteiger partial charge in [-0.2, -0.15) is 0 Å². The molecule has 1 unspecified atom stereocenters. The Labute approximate surface area is 100.0 Å². The standard InChI is InChI=1S/C13H17F2NO/c1-9-3-4-12(17-2)10(7-9)11-5-6-16-8-13(11,14)15/h3-4,7,11,16H,5-6,8H2,1-2H3. The maximum Gasteiger partial charge on any atom is 0.267 e. The van der Waals surface area contributed by atoms with Crippen LogP contribution >= 0.6 is 0 Å². The molecule has 1 aromatic rings. The molecule has 0 spiro atoms. The summed E-state index contributed by atoms with van der Waals surface area (Å²) in [5.74, 6) is -2.90. The van der Waals surface area contributed by atoms with Crippen LogP contribution < -0.4 is 10.1 Å². The van der Waals surface area contributed by atoms with E-state index in [-0.39, 0.29) is 6.54 Å². The van der Waals surface area contributed by atoms with Crippen molar-refractivity contribution in [3.63, 3.8) is 0 Å². The summed E-state index contributed by atoms with van der Waals surface area (Å²) in [5.41, 5.74) is 1.61. The number of hydrogen-bond acceptors (Lipinski definition) is 2. The van der Waals surface area contributed by atoms with E-state index in [2.05, 4.69) is 5.32 Å². The van der Waals surface area contributed by atoms with Gasteiger partial charge >= 0.3 is 0 Å². The van der Waals surface area contributed by atoms with Crippen molar-refractivity contribution in [2.24, 2.45) is 0 Å². The molecule has 0 amide bonds. The normalized spacial score (nSPS) is 23.4. The minimum Gasteiger partial charge on any atom is -0.496 e. The molecule has 17 heavy (non-hydrogen) atoms. The van der Waals surface area contributed by atoms with Crippen molar-refractivity contribution in [2.45, 2.75) is 25.2 Å². The smallest absolute Gasteiger partial charge is 0.267 e. The molecule has 1 aliphatic rings. The molecule has 1 heterocycles. The van der Waals surface area contributed by atoms with Gasteiger partial charge in [-0.3, -0.25) is 0 Å². The SMILES string of the molecule is COc1ccc(C)cc1C1CCNCC1(F)F. The molecular formula is C13H17F2NO. The second-order valence-corrected chi connectivity index (χ2v) is 4.52. The number of benzene rings is 1. The number of rotatable bonds is 2. The number of hydrogen-bond donors (Lipinski definition) is 1. The molecule has 1 N–H and O–H groups in total. The lowest BCUT2D eigenvalue weighted by atomic mass is 9.86. The van der Waals surface area contributed by atoms with E-state index < -0.39 is 11.8 Å². The van der Waals surface area contributed by atoms with E-state index in [0.29, 0.717) is 24.3 Å². The van der Waals surface area contributed by atoms with Crippen molar-refractivity contribution >= 4 is 0 Å². The minimum atomic E-state index is -2.71. The summed E-state index contributed by atoms with van der Waals surface area (Å²) in [6.07, 6.45) is 0.437. The van der Waals surface area contributed by atoms with Crippen molar-refractivity contribution in [2.75, 3.05) is 20.2 Å². The number of piperidine rings is 1. The molecule has 1 saturated heterocycles. The predicted molar refractivity (Wildman–Crippen MR) is 62.9 cm³/mol. The monoisotopic (exact) mass is 241 g/mol. The molecule has 4 heteroatoms. The van der Waals surface area contributed by atoms with Crippen LogP contribution in [0.5, 0.6) is 5.75 Å². The van der Waals surface area contributed by atoms with E-state index in [1.165, 1.54) is 7.11 Å². The van der Waals surface area contributed by atoms with Crippen molar-refractivity contribution in [1.29, 1.82) is 0 Å². The Kier molecular flexibility index (Phi) is 3.33. The third-order valence-electron chi connectivity index (χ3n) is 3.24. The fourth-order valence-electron chi connectivity index (χ4n) is 2.34. The molecule has 2 nitrogen and oxygen atoms in total. The Hall–Kier alpha value is -1.16. The third kappa shape index (κ3) is 2.41. The lowest BCUT2D eigenvalue weighted by Gasteiger charge is -2.33. The van der Waals surface area contributed by atoms with Crippen LogP contribution in [0.15, 0.2) is 18.2 Å². The van der Waals surface area contributed by atoms with Crippen LogP contribution in [0.4, 0.5) is 8.78 Å². The van der Waals surface area contributed by atoms with Gasteiger partial charge in [0.1, 0.15) is 5.75 Å². The summed E-state index contributed by atoms with van der Waals surface area (Å²) in [6, 6.07) is 5.45. The van der Waals surface area contributed by atoms with E-state index >= 15 is 0 Å². The van der Waals surface area contributed by atoms with Crippen LogP contribution in [0, 0.1) is 6.92 Å². The molecular weight excluding hydrogens is 224 g/mol. The summed E-state index contributed by atoms with van der Waals surface area (Å²) >= 11 is 0. The van der Waals surface area contributed by atoms with Crippen LogP contribution in [-0.2, 0) is 0 Å². The minimum absolute atomic E-state index is 0.255. The van der Waals surface area contributed by atoms with Gasteiger partial charge in [-0.05, 0) is 26.0 Å². The van der Waals surface area contributed by atoms with Gasteiger partial charge in [0.05, 0.1) is 19.6 Å². The zero-order valence-corrected chi connectivity index (χ0v) is 10.1. The zero-order valence-electron chi connectivity index (χ0n) is 10.1. The number of alkyl halides is 2. The number of nitrogens with one attached hydrogen (secondary N) is 1. The van der Waals surface area contributed by atoms with Gasteiger partial charge in [0.25, 0.3) is 5.92 Å². The summed E-state index contributed by atoms with van der Waals surface area (Å²) in [4.78, 5) is 0. The largest absolute Gasteiger partial charge is 0.496 e. The van der Waals surface area contributed by atoms with Gasteiger partial charge < -0.3 is 10.1 Å². The predicted octanol–water partition coefficient (Wildman–Crippen LogP) is 2.72. The van der Waals surface area contributed by atoms with Crippen LogP contribution in [0.3, 0.4) is 0 Å². The van der Waals surface area contributed by atoms with Crippen molar-refractivity contribution in [3.05, 3.63) is 29.3 Å². The fraction of sp³-hybridized carbons (Fsp3) is 0.538. The van der Waals surface area contributed by atoms with E-state index in [1.807, 2.05) is 19.1 Å². The first-order valence-corrected chi connectivity index (χ1v) is 5.77. The maximum atomic E-state index is 13.9. The van der Waals surface area contributed by atoms with Crippen molar-refractivity contribution < 1.29 is 13.5 Å². The Morgan fingerprint density at radius 3 is 2.82 bits per heavy atom. The van der Waals surface area contributed by atoms with Crippen LogP contribution in [-0.4, -0.2) is 26.1 Å². The molecule has 1 atom stereocenters. The van der Waals surface area contributed by atoms with Gasteiger partial charge in [0.15, 0.2) is 0 Å². The first-order valence-electron chi connectivity index (χ1n) is 5.77. The lowest BCUT2D eigenvalue weighted by Crippen LogP contribution is -2.44. The highest BCUT2D eigenvalue weighted by molar-refractivity contribution is 5.40. The molecule has 0 aromatic heterocycles. The molecule has 1 aromatic carbocycles. The quantitative estimate of drug-likeness (QED) is 0.859. The van der Waals surface area contributed by atoms with E-state index in [1.54, 1.807) is 6.07 Å². The molecule has 0 bridgehead atoms. The molecule has 1 aliphatic heterocycles. The lowest BCUT2D eigenvalue weighted by molar-refractivity contribution is -0.0425. The number of aryl methyl sites for hydroxylation is 1. The summed E-state index contributed by atoms with van der Waals surface area (Å²) in [6.45, 7) is 2.27. The van der Waals surface area contributed by atoms with Crippen molar-refractivity contribution in [1.82, 2.24) is 5.32 Å². The zero-order chi connectivity index (χ0) is 12.5. The topological polar surface area (TPSA) is 21.3 Å². The van der Waals surface area contributed by atoms with Gasteiger partial charge in [0.2, 0.25) is 0 Å². The highest BCUT2D eigenvalue weighted by atomic mass is 19.3. The Morgan fingerprint density at radius 1 is 1.41 bits per heavy atom. The summed E-state index contributed by atoms with van der Waals surface area (Å²) in [7, 11) is 1.52. The Balaban J connectivity index is 2.40. The first kappa shape index (κ1) is 12.3.